The van der Waals surface area contributed by atoms with Gasteiger partial charge < -0.3 is 9.88 Å². The first kappa shape index (κ1) is 13.1. The molecule has 2 rings (SSSR count). The van der Waals surface area contributed by atoms with Gasteiger partial charge in [-0.2, -0.15) is 0 Å². The normalized spacial score (nSPS) is 10.4. The summed E-state index contributed by atoms with van der Waals surface area (Å²) in [7, 11) is 0. The summed E-state index contributed by atoms with van der Waals surface area (Å²) in [5, 5.41) is 14.0. The molecule has 0 fully saturated rings. The van der Waals surface area contributed by atoms with Crippen LogP contribution < -0.4 is 5.32 Å². The number of anilines is 1. The van der Waals surface area contributed by atoms with E-state index in [0.717, 1.165) is 23.4 Å². The van der Waals surface area contributed by atoms with Crippen LogP contribution in [-0.2, 0) is 13.1 Å². The third-order valence-electron chi connectivity index (χ3n) is 3.09. The van der Waals surface area contributed by atoms with E-state index in [2.05, 4.69) is 23.0 Å². The highest BCUT2D eigenvalue weighted by Gasteiger charge is 2.08. The number of non-ortho nitro benzene ring substituents is 1. The van der Waals surface area contributed by atoms with Gasteiger partial charge in [-0.15, -0.1) is 0 Å². The van der Waals surface area contributed by atoms with Gasteiger partial charge in [0, 0.05) is 43.3 Å². The van der Waals surface area contributed by atoms with Crippen LogP contribution in [0.15, 0.2) is 36.7 Å². The van der Waals surface area contributed by atoms with E-state index in [0.29, 0.717) is 6.54 Å². The van der Waals surface area contributed by atoms with Crippen molar-refractivity contribution in [2.75, 3.05) is 5.32 Å². The lowest BCUT2D eigenvalue weighted by atomic mass is 10.1. The first-order valence-electron chi connectivity index (χ1n) is 6.23. The molecule has 1 heterocycles. The molecule has 0 aliphatic carbocycles. The van der Waals surface area contributed by atoms with Crippen LogP contribution in [0.5, 0.6) is 0 Å². The molecule has 19 heavy (non-hydrogen) atoms. The minimum atomic E-state index is -0.377. The Labute approximate surface area is 112 Å². The van der Waals surface area contributed by atoms with E-state index >= 15 is 0 Å². The van der Waals surface area contributed by atoms with Crippen molar-refractivity contribution >= 4 is 11.4 Å². The maximum absolute atomic E-state index is 10.8. The zero-order valence-electron chi connectivity index (χ0n) is 11.1. The van der Waals surface area contributed by atoms with E-state index in [1.807, 2.05) is 19.2 Å². The number of nitrogens with zero attached hydrogens (tertiary/aromatic N) is 2. The van der Waals surface area contributed by atoms with Crippen LogP contribution in [0.3, 0.4) is 0 Å². The number of benzene rings is 1. The second-order valence-electron chi connectivity index (χ2n) is 4.46. The summed E-state index contributed by atoms with van der Waals surface area (Å²) in [6.45, 7) is 5.62. The van der Waals surface area contributed by atoms with Crippen LogP contribution in [0.4, 0.5) is 11.4 Å². The topological polar surface area (TPSA) is 60.1 Å². The molecule has 0 unspecified atom stereocenters. The van der Waals surface area contributed by atoms with E-state index in [9.17, 15) is 10.1 Å². The standard InChI is InChI=1S/C14H17N3O2/c1-3-16-7-6-12(10-16)9-15-14-8-13(17(18)19)5-4-11(14)2/h4-8,10,15H,3,9H2,1-2H3. The number of nitrogens with one attached hydrogen (secondary N) is 1. The maximum Gasteiger partial charge on any atom is 0.271 e. The quantitative estimate of drug-likeness (QED) is 0.661. The molecule has 0 amide bonds. The van der Waals surface area contributed by atoms with Crippen LogP contribution in [0.1, 0.15) is 18.1 Å². The van der Waals surface area contributed by atoms with Crippen LogP contribution in [0.2, 0.25) is 0 Å². The molecule has 1 aromatic heterocycles. The number of hydrogen-bond donors (Lipinski definition) is 1. The third-order valence-corrected chi connectivity index (χ3v) is 3.09. The van der Waals surface area contributed by atoms with Gasteiger partial charge in [0.05, 0.1) is 4.92 Å². The van der Waals surface area contributed by atoms with Gasteiger partial charge in [0.1, 0.15) is 0 Å². The van der Waals surface area contributed by atoms with Gasteiger partial charge in [-0.3, -0.25) is 10.1 Å². The summed E-state index contributed by atoms with van der Waals surface area (Å²) in [5.41, 5.74) is 3.07. The molecular weight excluding hydrogens is 242 g/mol. The minimum absolute atomic E-state index is 0.110. The number of rotatable bonds is 5. The van der Waals surface area contributed by atoms with Gasteiger partial charge in [0.15, 0.2) is 0 Å². The highest BCUT2D eigenvalue weighted by atomic mass is 16.6. The molecule has 0 bridgehead atoms. The average molecular weight is 259 g/mol. The summed E-state index contributed by atoms with van der Waals surface area (Å²) in [6, 6.07) is 6.90. The average Bonchev–Trinajstić information content (AvgIpc) is 2.85. The second kappa shape index (κ2) is 5.56. The van der Waals surface area contributed by atoms with Gasteiger partial charge in [-0.1, -0.05) is 6.07 Å². The lowest BCUT2D eigenvalue weighted by molar-refractivity contribution is -0.384. The van der Waals surface area contributed by atoms with Gasteiger partial charge in [0.2, 0.25) is 0 Å². The van der Waals surface area contributed by atoms with Crippen molar-refractivity contribution in [3.63, 3.8) is 0 Å². The number of aromatic nitrogens is 1. The predicted molar refractivity (Wildman–Crippen MR) is 75.3 cm³/mol. The fourth-order valence-corrected chi connectivity index (χ4v) is 1.90. The summed E-state index contributed by atoms with van der Waals surface area (Å²) in [5.74, 6) is 0. The van der Waals surface area contributed by atoms with Crippen LogP contribution in [-0.4, -0.2) is 9.49 Å². The van der Waals surface area contributed by atoms with Crippen LogP contribution >= 0.6 is 0 Å². The fraction of sp³-hybridized carbons (Fsp3) is 0.286. The lowest BCUT2D eigenvalue weighted by Gasteiger charge is -2.08. The SMILES string of the molecule is CCn1ccc(CNc2cc([N+](=O)[O-])ccc2C)c1. The van der Waals surface area contributed by atoms with Gasteiger partial charge in [-0.05, 0) is 31.0 Å². The first-order valence-corrected chi connectivity index (χ1v) is 6.23. The van der Waals surface area contributed by atoms with Crippen molar-refractivity contribution in [3.05, 3.63) is 57.9 Å². The molecule has 0 saturated carbocycles. The number of nitro benzene ring substituents is 1. The summed E-state index contributed by atoms with van der Waals surface area (Å²) in [4.78, 5) is 10.4. The van der Waals surface area contributed by atoms with Crippen molar-refractivity contribution in [2.24, 2.45) is 0 Å². The summed E-state index contributed by atoms with van der Waals surface area (Å²) in [6.07, 6.45) is 4.09. The number of aryl methyl sites for hydroxylation is 2. The predicted octanol–water partition coefficient (Wildman–Crippen LogP) is 3.34. The molecular formula is C14H17N3O2. The highest BCUT2D eigenvalue weighted by molar-refractivity contribution is 5.56. The van der Waals surface area contributed by atoms with Crippen LogP contribution in [0.25, 0.3) is 0 Å². The van der Waals surface area contributed by atoms with Gasteiger partial charge >= 0.3 is 0 Å². The Morgan fingerprint density at radius 3 is 2.79 bits per heavy atom. The maximum atomic E-state index is 10.8. The van der Waals surface area contributed by atoms with Gasteiger partial charge in [-0.25, -0.2) is 0 Å². The Kier molecular flexibility index (Phi) is 3.85. The molecule has 0 aliphatic rings. The smallest absolute Gasteiger partial charge is 0.271 e. The van der Waals surface area contributed by atoms with E-state index in [1.165, 1.54) is 6.07 Å². The van der Waals surface area contributed by atoms with E-state index in [1.54, 1.807) is 12.1 Å². The van der Waals surface area contributed by atoms with E-state index in [-0.39, 0.29) is 10.6 Å². The Hall–Kier alpha value is -2.30. The monoisotopic (exact) mass is 259 g/mol. The molecule has 0 radical (unpaired) electrons. The molecule has 0 spiro atoms. The molecule has 2 aromatic rings. The van der Waals surface area contributed by atoms with Crippen molar-refractivity contribution < 1.29 is 4.92 Å². The van der Waals surface area contributed by atoms with Crippen LogP contribution in [0, 0.1) is 17.0 Å². The molecule has 0 aliphatic heterocycles. The van der Waals surface area contributed by atoms with E-state index < -0.39 is 0 Å². The van der Waals surface area contributed by atoms with Crippen molar-refractivity contribution in [2.45, 2.75) is 26.9 Å². The fourth-order valence-electron chi connectivity index (χ4n) is 1.90. The summed E-state index contributed by atoms with van der Waals surface area (Å²) < 4.78 is 2.09. The van der Waals surface area contributed by atoms with Crippen molar-refractivity contribution in [1.82, 2.24) is 4.57 Å². The highest BCUT2D eigenvalue weighted by Crippen LogP contribution is 2.22. The van der Waals surface area contributed by atoms with Gasteiger partial charge in [0.25, 0.3) is 5.69 Å². The Morgan fingerprint density at radius 1 is 1.37 bits per heavy atom. The zero-order valence-corrected chi connectivity index (χ0v) is 11.1. The number of hydrogen-bond acceptors (Lipinski definition) is 3. The summed E-state index contributed by atoms with van der Waals surface area (Å²) >= 11 is 0. The van der Waals surface area contributed by atoms with E-state index in [4.69, 9.17) is 0 Å². The lowest BCUT2D eigenvalue weighted by Crippen LogP contribution is -2.01. The largest absolute Gasteiger partial charge is 0.380 e. The molecule has 100 valence electrons. The molecule has 0 saturated heterocycles. The molecule has 1 aromatic carbocycles. The number of nitro groups is 1. The minimum Gasteiger partial charge on any atom is -0.380 e. The zero-order chi connectivity index (χ0) is 13.8. The molecule has 5 nitrogen and oxygen atoms in total. The Morgan fingerprint density at radius 2 is 2.16 bits per heavy atom. The molecule has 5 heteroatoms. The third kappa shape index (κ3) is 3.13. The molecule has 1 N–H and O–H groups in total. The second-order valence-corrected chi connectivity index (χ2v) is 4.46. The Bertz CT molecular complexity index is 590. The van der Waals surface area contributed by atoms with Crippen molar-refractivity contribution in [1.29, 1.82) is 0 Å². The molecule has 0 atom stereocenters. The first-order chi connectivity index (χ1) is 9.10. The Balaban J connectivity index is 2.10. The van der Waals surface area contributed by atoms with Crippen molar-refractivity contribution in [3.8, 4) is 0 Å².